The van der Waals surface area contributed by atoms with E-state index in [-0.39, 0.29) is 17.9 Å². The average Bonchev–Trinajstić information content (AvgIpc) is 3.03. The Morgan fingerprint density at radius 1 is 1.38 bits per heavy atom. The summed E-state index contributed by atoms with van der Waals surface area (Å²) in [5.74, 6) is 0.684. The lowest BCUT2D eigenvalue weighted by atomic mass is 10.1. The number of fused-ring (bicyclic) bond motifs is 2. The lowest BCUT2D eigenvalue weighted by molar-refractivity contribution is -0.125. The van der Waals surface area contributed by atoms with E-state index in [4.69, 9.17) is 15.9 Å². The number of hydrogen-bond acceptors (Lipinski definition) is 7. The van der Waals surface area contributed by atoms with E-state index < -0.39 is 6.04 Å². The standard InChI is InChI=1S/C23H26N6O3/c1-12-20(25)23(31)28-22-18(27-12)9-14(10-26-22)7-8-19(30)29(3)11-16-13(2)32-21-15(16)5-4-6-17(21)24/h4-10,12,20,27H,11,24-25H2,1-3H3,(H,26,28,31)/b8-7+/t12-,20?/m1/s1. The number of carbonyl (C=O) groups excluding carboxylic acids is 2. The molecule has 0 bridgehead atoms. The number of carbonyl (C=O) groups is 2. The molecule has 9 nitrogen and oxygen atoms in total. The van der Waals surface area contributed by atoms with Gasteiger partial charge in [-0.2, -0.15) is 0 Å². The number of nitrogens with two attached hydrogens (primary N) is 2. The van der Waals surface area contributed by atoms with Gasteiger partial charge >= 0.3 is 0 Å². The van der Waals surface area contributed by atoms with Crippen LogP contribution in [0.4, 0.5) is 17.2 Å². The van der Waals surface area contributed by atoms with Gasteiger partial charge in [0.1, 0.15) is 11.8 Å². The van der Waals surface area contributed by atoms with E-state index in [1.165, 1.54) is 6.08 Å². The van der Waals surface area contributed by atoms with Crippen LogP contribution < -0.4 is 22.1 Å². The summed E-state index contributed by atoms with van der Waals surface area (Å²) in [7, 11) is 1.73. The molecule has 1 aromatic carbocycles. The Morgan fingerprint density at radius 2 is 2.16 bits per heavy atom. The van der Waals surface area contributed by atoms with Crippen molar-refractivity contribution < 1.29 is 14.0 Å². The number of likely N-dealkylation sites (N-methyl/N-ethyl adjacent to an activating group) is 1. The lowest BCUT2D eigenvalue weighted by Gasteiger charge is -2.16. The van der Waals surface area contributed by atoms with Gasteiger partial charge in [0.15, 0.2) is 11.4 Å². The van der Waals surface area contributed by atoms with Gasteiger partial charge in [0.05, 0.1) is 11.4 Å². The van der Waals surface area contributed by atoms with Crippen LogP contribution in [0.15, 0.2) is 41.0 Å². The van der Waals surface area contributed by atoms with Gasteiger partial charge in [0, 0.05) is 42.9 Å². The van der Waals surface area contributed by atoms with Crippen LogP contribution in [0.5, 0.6) is 0 Å². The number of nitrogens with zero attached hydrogens (tertiary/aromatic N) is 2. The molecule has 0 saturated heterocycles. The van der Waals surface area contributed by atoms with Crippen molar-refractivity contribution >= 4 is 46.1 Å². The molecule has 4 rings (SSSR count). The van der Waals surface area contributed by atoms with Gasteiger partial charge in [-0.15, -0.1) is 0 Å². The van der Waals surface area contributed by atoms with E-state index in [1.807, 2.05) is 32.0 Å². The number of benzene rings is 1. The predicted molar refractivity (Wildman–Crippen MR) is 125 cm³/mol. The molecule has 0 saturated carbocycles. The number of furan rings is 1. The molecule has 0 spiro atoms. The molecule has 2 amide bonds. The van der Waals surface area contributed by atoms with Crippen molar-refractivity contribution in [3.8, 4) is 0 Å². The summed E-state index contributed by atoms with van der Waals surface area (Å²) in [5.41, 5.74) is 15.4. The van der Waals surface area contributed by atoms with Crippen molar-refractivity contribution in [3.63, 3.8) is 0 Å². The fourth-order valence-electron chi connectivity index (χ4n) is 3.66. The third kappa shape index (κ3) is 4.02. The Hall–Kier alpha value is -3.85. The third-order valence-electron chi connectivity index (χ3n) is 5.62. The van der Waals surface area contributed by atoms with Crippen molar-refractivity contribution in [2.75, 3.05) is 23.4 Å². The van der Waals surface area contributed by atoms with Crippen LogP contribution in [-0.2, 0) is 16.1 Å². The first-order chi connectivity index (χ1) is 15.2. The maximum atomic E-state index is 12.7. The van der Waals surface area contributed by atoms with E-state index in [1.54, 1.807) is 30.3 Å². The van der Waals surface area contributed by atoms with Crippen LogP contribution in [-0.4, -0.2) is 40.8 Å². The SMILES string of the molecule is Cc1oc2c(N)cccc2c1CN(C)C(=O)/C=C/c1cnc2c(c1)N[C@H](C)C(N)C(=O)N2. The number of hydrogen-bond donors (Lipinski definition) is 4. The molecule has 32 heavy (non-hydrogen) atoms. The van der Waals surface area contributed by atoms with Crippen LogP contribution in [0.25, 0.3) is 17.0 Å². The first-order valence-electron chi connectivity index (χ1n) is 10.3. The maximum Gasteiger partial charge on any atom is 0.246 e. The molecule has 6 N–H and O–H groups in total. The maximum absolute atomic E-state index is 12.7. The summed E-state index contributed by atoms with van der Waals surface area (Å²) in [6.07, 6.45) is 4.76. The molecular weight excluding hydrogens is 408 g/mol. The Kier molecular flexibility index (Phi) is 5.58. The minimum absolute atomic E-state index is 0.172. The topological polar surface area (TPSA) is 140 Å². The third-order valence-corrected chi connectivity index (χ3v) is 5.62. The molecule has 3 aromatic rings. The number of pyridine rings is 1. The fourth-order valence-corrected chi connectivity index (χ4v) is 3.66. The van der Waals surface area contributed by atoms with Gasteiger partial charge in [0.25, 0.3) is 0 Å². The molecule has 0 radical (unpaired) electrons. The molecule has 2 aromatic heterocycles. The normalized spacial score (nSPS) is 18.2. The number of amides is 2. The van der Waals surface area contributed by atoms with Crippen LogP contribution >= 0.6 is 0 Å². The zero-order valence-electron chi connectivity index (χ0n) is 18.2. The predicted octanol–water partition coefficient (Wildman–Crippen LogP) is 2.47. The van der Waals surface area contributed by atoms with Gasteiger partial charge in [-0.3, -0.25) is 9.59 Å². The quantitative estimate of drug-likeness (QED) is 0.365. The minimum atomic E-state index is -0.684. The largest absolute Gasteiger partial charge is 0.459 e. The molecule has 3 heterocycles. The average molecular weight is 435 g/mol. The van der Waals surface area contributed by atoms with Gasteiger partial charge in [0.2, 0.25) is 11.8 Å². The smallest absolute Gasteiger partial charge is 0.246 e. The van der Waals surface area contributed by atoms with E-state index in [0.717, 1.165) is 16.7 Å². The highest BCUT2D eigenvalue weighted by molar-refractivity contribution is 5.99. The van der Waals surface area contributed by atoms with E-state index >= 15 is 0 Å². The summed E-state index contributed by atoms with van der Waals surface area (Å²) in [6, 6.07) is 6.47. The Bertz CT molecular complexity index is 1230. The number of aromatic nitrogens is 1. The second kappa shape index (κ2) is 8.35. The molecule has 1 aliphatic rings. The second-order valence-corrected chi connectivity index (χ2v) is 8.00. The van der Waals surface area contributed by atoms with Crippen LogP contribution in [0.2, 0.25) is 0 Å². The van der Waals surface area contributed by atoms with Crippen LogP contribution in [0, 0.1) is 6.92 Å². The molecular formula is C23H26N6O3. The Balaban J connectivity index is 1.49. The number of nitrogens with one attached hydrogen (secondary N) is 2. The van der Waals surface area contributed by atoms with Gasteiger partial charge < -0.3 is 31.4 Å². The zero-order chi connectivity index (χ0) is 23.0. The molecule has 166 valence electrons. The van der Waals surface area contributed by atoms with Crippen LogP contribution in [0.1, 0.15) is 23.8 Å². The van der Waals surface area contributed by atoms with Crippen molar-refractivity contribution in [2.24, 2.45) is 5.73 Å². The highest BCUT2D eigenvalue weighted by Gasteiger charge is 2.26. The summed E-state index contributed by atoms with van der Waals surface area (Å²) in [6.45, 7) is 4.08. The monoisotopic (exact) mass is 434 g/mol. The second-order valence-electron chi connectivity index (χ2n) is 8.00. The fraction of sp³-hybridized carbons (Fsp3) is 0.261. The van der Waals surface area contributed by atoms with E-state index in [2.05, 4.69) is 15.6 Å². The molecule has 0 fully saturated rings. The van der Waals surface area contributed by atoms with Crippen molar-refractivity contribution in [3.05, 3.63) is 53.4 Å². The first kappa shape index (κ1) is 21.4. The molecule has 9 heteroatoms. The summed E-state index contributed by atoms with van der Waals surface area (Å²) < 4.78 is 5.79. The molecule has 1 unspecified atom stereocenters. The Labute approximate surface area is 185 Å². The summed E-state index contributed by atoms with van der Waals surface area (Å²) in [5, 5.41) is 6.80. The Morgan fingerprint density at radius 3 is 2.94 bits per heavy atom. The van der Waals surface area contributed by atoms with E-state index in [0.29, 0.717) is 34.9 Å². The highest BCUT2D eigenvalue weighted by atomic mass is 16.3. The number of rotatable bonds is 4. The van der Waals surface area contributed by atoms with Crippen LogP contribution in [0.3, 0.4) is 0 Å². The first-order valence-corrected chi connectivity index (χ1v) is 10.3. The van der Waals surface area contributed by atoms with Crippen molar-refractivity contribution in [1.82, 2.24) is 9.88 Å². The molecule has 1 aliphatic heterocycles. The number of para-hydroxylation sites is 1. The van der Waals surface area contributed by atoms with E-state index in [9.17, 15) is 9.59 Å². The number of anilines is 3. The summed E-state index contributed by atoms with van der Waals surface area (Å²) >= 11 is 0. The number of nitrogen functional groups attached to an aromatic ring is 1. The molecule has 2 atom stereocenters. The summed E-state index contributed by atoms with van der Waals surface area (Å²) in [4.78, 5) is 30.6. The van der Waals surface area contributed by atoms with Crippen molar-refractivity contribution in [2.45, 2.75) is 32.5 Å². The lowest BCUT2D eigenvalue weighted by Crippen LogP contribution is -2.45. The van der Waals surface area contributed by atoms with Gasteiger partial charge in [-0.25, -0.2) is 4.98 Å². The minimum Gasteiger partial charge on any atom is -0.459 e. The van der Waals surface area contributed by atoms with Gasteiger partial charge in [-0.1, -0.05) is 12.1 Å². The zero-order valence-corrected chi connectivity index (χ0v) is 18.2. The molecule has 0 aliphatic carbocycles. The van der Waals surface area contributed by atoms with Gasteiger partial charge in [-0.05, 0) is 37.6 Å². The van der Waals surface area contributed by atoms with Crippen molar-refractivity contribution in [1.29, 1.82) is 0 Å². The highest BCUT2D eigenvalue weighted by Crippen LogP contribution is 2.30. The number of aryl methyl sites for hydroxylation is 1.